The Hall–Kier alpha value is -1.42. The largest absolute Gasteiger partial charge is 0.338 e. The Morgan fingerprint density at radius 1 is 1.39 bits per heavy atom. The highest BCUT2D eigenvalue weighted by atomic mass is 16.2. The molecule has 4 heteroatoms. The van der Waals surface area contributed by atoms with Gasteiger partial charge in [-0.15, -0.1) is 0 Å². The molecule has 1 aromatic rings. The van der Waals surface area contributed by atoms with Gasteiger partial charge in [0, 0.05) is 31.5 Å². The second-order valence-electron chi connectivity index (χ2n) is 4.45. The van der Waals surface area contributed by atoms with Crippen LogP contribution in [0.5, 0.6) is 0 Å². The van der Waals surface area contributed by atoms with Crippen LogP contribution < -0.4 is 5.32 Å². The Morgan fingerprint density at radius 3 is 2.61 bits per heavy atom. The normalized spacial score (nSPS) is 12.2. The van der Waals surface area contributed by atoms with Crippen LogP contribution in [-0.2, 0) is 11.3 Å². The number of carbonyl (C=O) groups excluding carboxylic acids is 1. The lowest BCUT2D eigenvalue weighted by Gasteiger charge is -2.22. The second kappa shape index (κ2) is 7.82. The second-order valence-corrected chi connectivity index (χ2v) is 4.45. The van der Waals surface area contributed by atoms with Crippen molar-refractivity contribution < 1.29 is 4.79 Å². The summed E-state index contributed by atoms with van der Waals surface area (Å²) in [6.45, 7) is 7.99. The van der Waals surface area contributed by atoms with Crippen LogP contribution in [0.25, 0.3) is 0 Å². The van der Waals surface area contributed by atoms with E-state index >= 15 is 0 Å². The van der Waals surface area contributed by atoms with Crippen molar-refractivity contribution in [3.63, 3.8) is 0 Å². The molecule has 0 bridgehead atoms. The zero-order chi connectivity index (χ0) is 13.4. The van der Waals surface area contributed by atoms with Gasteiger partial charge in [-0.1, -0.05) is 6.92 Å². The zero-order valence-corrected chi connectivity index (χ0v) is 11.5. The van der Waals surface area contributed by atoms with Gasteiger partial charge in [0.15, 0.2) is 0 Å². The van der Waals surface area contributed by atoms with Crippen molar-refractivity contribution in [1.82, 2.24) is 15.2 Å². The molecule has 18 heavy (non-hydrogen) atoms. The van der Waals surface area contributed by atoms with Crippen LogP contribution in [0.1, 0.15) is 32.8 Å². The first-order valence-electron chi connectivity index (χ1n) is 6.57. The van der Waals surface area contributed by atoms with Crippen LogP contribution in [-0.4, -0.2) is 34.9 Å². The van der Waals surface area contributed by atoms with E-state index in [0.29, 0.717) is 19.1 Å². The maximum atomic E-state index is 12.0. The van der Waals surface area contributed by atoms with Gasteiger partial charge in [0.05, 0.1) is 6.54 Å². The van der Waals surface area contributed by atoms with E-state index in [1.165, 1.54) is 0 Å². The molecule has 100 valence electrons. The number of hydrogen-bond acceptors (Lipinski definition) is 3. The van der Waals surface area contributed by atoms with Crippen molar-refractivity contribution in [2.45, 2.75) is 39.8 Å². The summed E-state index contributed by atoms with van der Waals surface area (Å²) in [4.78, 5) is 17.9. The van der Waals surface area contributed by atoms with E-state index in [1.807, 2.05) is 24.0 Å². The number of rotatable bonds is 7. The predicted molar refractivity (Wildman–Crippen MR) is 73.1 cm³/mol. The number of aromatic nitrogens is 1. The van der Waals surface area contributed by atoms with E-state index in [0.717, 1.165) is 18.5 Å². The SMILES string of the molecule is CCC(C)NCC(=O)N(CC)Cc1ccncc1. The molecule has 4 nitrogen and oxygen atoms in total. The van der Waals surface area contributed by atoms with E-state index < -0.39 is 0 Å². The molecule has 0 radical (unpaired) electrons. The average molecular weight is 249 g/mol. The van der Waals surface area contributed by atoms with Gasteiger partial charge in [-0.05, 0) is 38.0 Å². The first-order chi connectivity index (χ1) is 8.67. The van der Waals surface area contributed by atoms with Crippen molar-refractivity contribution in [3.05, 3.63) is 30.1 Å². The van der Waals surface area contributed by atoms with Gasteiger partial charge in [-0.2, -0.15) is 0 Å². The Bertz CT molecular complexity index is 353. The summed E-state index contributed by atoms with van der Waals surface area (Å²) in [6.07, 6.45) is 4.54. The van der Waals surface area contributed by atoms with Crippen LogP contribution in [0, 0.1) is 0 Å². The third-order valence-corrected chi connectivity index (χ3v) is 3.07. The van der Waals surface area contributed by atoms with Gasteiger partial charge in [-0.3, -0.25) is 9.78 Å². The summed E-state index contributed by atoms with van der Waals surface area (Å²) < 4.78 is 0. The van der Waals surface area contributed by atoms with Gasteiger partial charge in [-0.25, -0.2) is 0 Å². The molecule has 0 spiro atoms. The van der Waals surface area contributed by atoms with Gasteiger partial charge in [0.2, 0.25) is 5.91 Å². The fraction of sp³-hybridized carbons (Fsp3) is 0.571. The van der Waals surface area contributed by atoms with Gasteiger partial charge < -0.3 is 10.2 Å². The van der Waals surface area contributed by atoms with Gasteiger partial charge in [0.1, 0.15) is 0 Å². The van der Waals surface area contributed by atoms with Crippen molar-refractivity contribution in [3.8, 4) is 0 Å². The Kier molecular flexibility index (Phi) is 6.36. The molecule has 0 saturated carbocycles. The zero-order valence-electron chi connectivity index (χ0n) is 11.5. The van der Waals surface area contributed by atoms with Crippen LogP contribution in [0.2, 0.25) is 0 Å². The molecular weight excluding hydrogens is 226 g/mol. The maximum Gasteiger partial charge on any atom is 0.236 e. The molecular formula is C14H23N3O. The van der Waals surface area contributed by atoms with E-state index in [-0.39, 0.29) is 5.91 Å². The summed E-state index contributed by atoms with van der Waals surface area (Å²) >= 11 is 0. The highest BCUT2D eigenvalue weighted by Crippen LogP contribution is 2.03. The van der Waals surface area contributed by atoms with Crippen molar-refractivity contribution in [1.29, 1.82) is 0 Å². The van der Waals surface area contributed by atoms with Crippen LogP contribution in [0.3, 0.4) is 0 Å². The molecule has 0 aliphatic carbocycles. The Labute approximate surface area is 109 Å². The molecule has 1 aromatic heterocycles. The van der Waals surface area contributed by atoms with E-state index in [1.54, 1.807) is 12.4 Å². The quantitative estimate of drug-likeness (QED) is 0.801. The minimum absolute atomic E-state index is 0.148. The number of hydrogen-bond donors (Lipinski definition) is 1. The monoisotopic (exact) mass is 249 g/mol. The standard InChI is InChI=1S/C14H23N3O/c1-4-12(3)16-10-14(18)17(5-2)11-13-6-8-15-9-7-13/h6-9,12,16H,4-5,10-11H2,1-3H3. The number of carbonyl (C=O) groups is 1. The summed E-state index contributed by atoms with van der Waals surface area (Å²) in [5, 5.41) is 3.23. The van der Waals surface area contributed by atoms with Gasteiger partial charge in [0.25, 0.3) is 0 Å². The minimum atomic E-state index is 0.148. The van der Waals surface area contributed by atoms with Crippen molar-refractivity contribution in [2.75, 3.05) is 13.1 Å². The van der Waals surface area contributed by atoms with E-state index in [9.17, 15) is 4.79 Å². The molecule has 1 amide bonds. The number of nitrogens with zero attached hydrogens (tertiary/aromatic N) is 2. The molecule has 0 fully saturated rings. The van der Waals surface area contributed by atoms with Gasteiger partial charge >= 0.3 is 0 Å². The van der Waals surface area contributed by atoms with Crippen LogP contribution in [0.15, 0.2) is 24.5 Å². The molecule has 0 saturated heterocycles. The molecule has 1 N–H and O–H groups in total. The molecule has 0 aromatic carbocycles. The van der Waals surface area contributed by atoms with Crippen molar-refractivity contribution >= 4 is 5.91 Å². The molecule has 1 unspecified atom stereocenters. The lowest BCUT2D eigenvalue weighted by Crippen LogP contribution is -2.40. The Balaban J connectivity index is 2.48. The lowest BCUT2D eigenvalue weighted by atomic mass is 10.2. The number of nitrogens with one attached hydrogen (secondary N) is 1. The lowest BCUT2D eigenvalue weighted by molar-refractivity contribution is -0.130. The first kappa shape index (κ1) is 14.6. The third kappa shape index (κ3) is 4.84. The summed E-state index contributed by atoms with van der Waals surface area (Å²) in [5.74, 6) is 0.148. The highest BCUT2D eigenvalue weighted by Gasteiger charge is 2.12. The van der Waals surface area contributed by atoms with Crippen LogP contribution >= 0.6 is 0 Å². The minimum Gasteiger partial charge on any atom is -0.338 e. The molecule has 1 heterocycles. The fourth-order valence-corrected chi connectivity index (χ4v) is 1.60. The summed E-state index contributed by atoms with van der Waals surface area (Å²) in [7, 11) is 0. The first-order valence-corrected chi connectivity index (χ1v) is 6.57. The molecule has 0 aliphatic heterocycles. The summed E-state index contributed by atoms with van der Waals surface area (Å²) in [5.41, 5.74) is 1.11. The van der Waals surface area contributed by atoms with E-state index in [4.69, 9.17) is 0 Å². The smallest absolute Gasteiger partial charge is 0.236 e. The fourth-order valence-electron chi connectivity index (χ4n) is 1.60. The predicted octanol–water partition coefficient (Wildman–Crippen LogP) is 1.82. The van der Waals surface area contributed by atoms with Crippen LogP contribution in [0.4, 0.5) is 0 Å². The average Bonchev–Trinajstić information content (AvgIpc) is 2.42. The number of pyridine rings is 1. The number of likely N-dealkylation sites (N-methyl/N-ethyl adjacent to an activating group) is 1. The summed E-state index contributed by atoms with van der Waals surface area (Å²) in [6, 6.07) is 4.27. The Morgan fingerprint density at radius 2 is 2.06 bits per heavy atom. The third-order valence-electron chi connectivity index (χ3n) is 3.07. The molecule has 1 rings (SSSR count). The maximum absolute atomic E-state index is 12.0. The topological polar surface area (TPSA) is 45.2 Å². The number of amides is 1. The molecule has 0 aliphatic rings. The highest BCUT2D eigenvalue weighted by molar-refractivity contribution is 5.78. The molecule has 1 atom stereocenters. The van der Waals surface area contributed by atoms with E-state index in [2.05, 4.69) is 24.1 Å². The van der Waals surface area contributed by atoms with Crippen molar-refractivity contribution in [2.24, 2.45) is 0 Å².